The smallest absolute Gasteiger partial charge is 0.0345 e. The molecule has 16 heavy (non-hydrogen) atoms. The molecule has 2 rings (SSSR count). The molecule has 1 heterocycles. The van der Waals surface area contributed by atoms with E-state index in [1.807, 2.05) is 0 Å². The summed E-state index contributed by atoms with van der Waals surface area (Å²) in [6, 6.07) is 9.55. The molecule has 0 spiro atoms. The standard InChI is InChI=1S/C14H21NS/c1-11(2)12-4-3-5-14(10-12)15-13-6-8-16-9-7-13/h3-5,10-11,13,15H,6-9H2,1-2H3. The molecule has 0 saturated carbocycles. The van der Waals surface area contributed by atoms with Crippen molar-refractivity contribution in [3.63, 3.8) is 0 Å². The molecule has 1 fully saturated rings. The number of anilines is 1. The zero-order valence-electron chi connectivity index (χ0n) is 10.2. The molecule has 1 nitrogen and oxygen atoms in total. The highest BCUT2D eigenvalue weighted by Crippen LogP contribution is 2.23. The van der Waals surface area contributed by atoms with Gasteiger partial charge in [-0.2, -0.15) is 11.8 Å². The number of nitrogens with one attached hydrogen (secondary N) is 1. The molecule has 1 aromatic carbocycles. The van der Waals surface area contributed by atoms with Crippen LogP contribution in [0.5, 0.6) is 0 Å². The second-order valence-corrected chi connectivity index (χ2v) is 6.04. The molecular weight excluding hydrogens is 214 g/mol. The molecule has 1 aliphatic rings. The van der Waals surface area contributed by atoms with Crippen LogP contribution < -0.4 is 5.32 Å². The SMILES string of the molecule is CC(C)c1cccc(NC2CCSCC2)c1. The van der Waals surface area contributed by atoms with Crippen molar-refractivity contribution < 1.29 is 0 Å². The second-order valence-electron chi connectivity index (χ2n) is 4.81. The van der Waals surface area contributed by atoms with Gasteiger partial charge in [-0.05, 0) is 48.0 Å². The van der Waals surface area contributed by atoms with Crippen LogP contribution in [-0.4, -0.2) is 17.5 Å². The van der Waals surface area contributed by atoms with E-state index in [2.05, 4.69) is 55.2 Å². The van der Waals surface area contributed by atoms with Crippen LogP contribution in [0.25, 0.3) is 0 Å². The summed E-state index contributed by atoms with van der Waals surface area (Å²) in [6.07, 6.45) is 2.60. The van der Waals surface area contributed by atoms with Gasteiger partial charge in [-0.15, -0.1) is 0 Å². The van der Waals surface area contributed by atoms with E-state index < -0.39 is 0 Å². The topological polar surface area (TPSA) is 12.0 Å². The largest absolute Gasteiger partial charge is 0.382 e. The maximum atomic E-state index is 3.66. The first-order chi connectivity index (χ1) is 7.75. The van der Waals surface area contributed by atoms with Crippen LogP contribution in [0.4, 0.5) is 5.69 Å². The number of rotatable bonds is 3. The molecule has 0 amide bonds. The Hall–Kier alpha value is -0.630. The molecule has 0 aliphatic carbocycles. The van der Waals surface area contributed by atoms with E-state index in [9.17, 15) is 0 Å². The predicted octanol–water partition coefficient (Wildman–Crippen LogP) is 4.12. The van der Waals surface area contributed by atoms with Gasteiger partial charge in [0.05, 0.1) is 0 Å². The lowest BCUT2D eigenvalue weighted by Gasteiger charge is -2.24. The minimum atomic E-state index is 0.615. The van der Waals surface area contributed by atoms with E-state index in [1.165, 1.54) is 35.6 Å². The second kappa shape index (κ2) is 5.62. The van der Waals surface area contributed by atoms with E-state index in [4.69, 9.17) is 0 Å². The van der Waals surface area contributed by atoms with Crippen LogP contribution in [-0.2, 0) is 0 Å². The van der Waals surface area contributed by atoms with Gasteiger partial charge in [0, 0.05) is 11.7 Å². The van der Waals surface area contributed by atoms with Gasteiger partial charge >= 0.3 is 0 Å². The number of hydrogen-bond acceptors (Lipinski definition) is 2. The van der Waals surface area contributed by atoms with Gasteiger partial charge in [0.25, 0.3) is 0 Å². The van der Waals surface area contributed by atoms with Gasteiger partial charge in [0.1, 0.15) is 0 Å². The van der Waals surface area contributed by atoms with Crippen LogP contribution in [0, 0.1) is 0 Å². The quantitative estimate of drug-likeness (QED) is 0.846. The van der Waals surface area contributed by atoms with Crippen molar-refractivity contribution in [2.24, 2.45) is 0 Å². The summed E-state index contributed by atoms with van der Waals surface area (Å²) in [5, 5.41) is 3.66. The zero-order chi connectivity index (χ0) is 11.4. The van der Waals surface area contributed by atoms with Crippen LogP contribution in [0.1, 0.15) is 38.2 Å². The molecular formula is C14H21NS. The van der Waals surface area contributed by atoms with E-state index >= 15 is 0 Å². The Kier molecular flexibility index (Phi) is 4.16. The van der Waals surface area contributed by atoms with Crippen molar-refractivity contribution >= 4 is 17.4 Å². The zero-order valence-corrected chi connectivity index (χ0v) is 11.0. The third kappa shape index (κ3) is 3.18. The Morgan fingerprint density at radius 1 is 1.25 bits per heavy atom. The van der Waals surface area contributed by atoms with Crippen molar-refractivity contribution in [1.82, 2.24) is 0 Å². The normalized spacial score (nSPS) is 17.7. The first kappa shape index (κ1) is 11.8. The molecule has 1 aliphatic heterocycles. The molecule has 0 aromatic heterocycles. The monoisotopic (exact) mass is 235 g/mol. The van der Waals surface area contributed by atoms with Crippen molar-refractivity contribution in [1.29, 1.82) is 0 Å². The molecule has 0 bridgehead atoms. The van der Waals surface area contributed by atoms with E-state index in [0.717, 1.165) is 0 Å². The van der Waals surface area contributed by atoms with E-state index in [1.54, 1.807) is 0 Å². The fourth-order valence-corrected chi connectivity index (χ4v) is 3.17. The summed E-state index contributed by atoms with van der Waals surface area (Å²) in [6.45, 7) is 4.49. The number of benzene rings is 1. The Morgan fingerprint density at radius 2 is 2.00 bits per heavy atom. The predicted molar refractivity (Wildman–Crippen MR) is 74.5 cm³/mol. The minimum Gasteiger partial charge on any atom is -0.382 e. The average Bonchev–Trinajstić information content (AvgIpc) is 2.30. The van der Waals surface area contributed by atoms with Crippen molar-refractivity contribution in [2.45, 2.75) is 38.6 Å². The summed E-state index contributed by atoms with van der Waals surface area (Å²) in [5.74, 6) is 3.23. The lowest BCUT2D eigenvalue weighted by atomic mass is 10.0. The summed E-state index contributed by atoms with van der Waals surface area (Å²) >= 11 is 2.08. The summed E-state index contributed by atoms with van der Waals surface area (Å²) in [4.78, 5) is 0. The summed E-state index contributed by atoms with van der Waals surface area (Å²) in [5.41, 5.74) is 2.72. The van der Waals surface area contributed by atoms with Gasteiger partial charge in [0.2, 0.25) is 0 Å². The third-order valence-electron chi connectivity index (χ3n) is 3.15. The van der Waals surface area contributed by atoms with Gasteiger partial charge in [-0.3, -0.25) is 0 Å². The molecule has 0 unspecified atom stereocenters. The molecule has 0 radical (unpaired) electrons. The fraction of sp³-hybridized carbons (Fsp3) is 0.571. The summed E-state index contributed by atoms with van der Waals surface area (Å²) < 4.78 is 0. The van der Waals surface area contributed by atoms with E-state index in [0.29, 0.717) is 12.0 Å². The van der Waals surface area contributed by atoms with Gasteiger partial charge < -0.3 is 5.32 Å². The van der Waals surface area contributed by atoms with E-state index in [-0.39, 0.29) is 0 Å². The first-order valence-electron chi connectivity index (χ1n) is 6.20. The number of thioether (sulfide) groups is 1. The van der Waals surface area contributed by atoms with Crippen LogP contribution in [0.15, 0.2) is 24.3 Å². The Balaban J connectivity index is 2.00. The van der Waals surface area contributed by atoms with Gasteiger partial charge in [-0.25, -0.2) is 0 Å². The van der Waals surface area contributed by atoms with Gasteiger partial charge in [-0.1, -0.05) is 26.0 Å². The maximum Gasteiger partial charge on any atom is 0.0345 e. The van der Waals surface area contributed by atoms with Crippen LogP contribution in [0.2, 0.25) is 0 Å². The summed E-state index contributed by atoms with van der Waals surface area (Å²) in [7, 11) is 0. The van der Waals surface area contributed by atoms with Crippen LogP contribution >= 0.6 is 11.8 Å². The molecule has 88 valence electrons. The molecule has 1 aromatic rings. The highest BCUT2D eigenvalue weighted by molar-refractivity contribution is 7.99. The highest BCUT2D eigenvalue weighted by Gasteiger charge is 2.13. The Morgan fingerprint density at radius 3 is 2.69 bits per heavy atom. The average molecular weight is 235 g/mol. The lowest BCUT2D eigenvalue weighted by Crippen LogP contribution is -2.24. The highest BCUT2D eigenvalue weighted by atomic mass is 32.2. The van der Waals surface area contributed by atoms with Crippen LogP contribution in [0.3, 0.4) is 0 Å². The van der Waals surface area contributed by atoms with Crippen molar-refractivity contribution in [3.8, 4) is 0 Å². The number of hydrogen-bond donors (Lipinski definition) is 1. The molecule has 2 heteroatoms. The minimum absolute atomic E-state index is 0.615. The van der Waals surface area contributed by atoms with Crippen molar-refractivity contribution in [2.75, 3.05) is 16.8 Å². The fourth-order valence-electron chi connectivity index (χ4n) is 2.07. The molecule has 1 N–H and O–H groups in total. The Bertz CT molecular complexity index is 329. The third-order valence-corrected chi connectivity index (χ3v) is 4.19. The molecule has 1 saturated heterocycles. The maximum absolute atomic E-state index is 3.66. The molecule has 0 atom stereocenters. The van der Waals surface area contributed by atoms with Crippen molar-refractivity contribution in [3.05, 3.63) is 29.8 Å². The van der Waals surface area contributed by atoms with Gasteiger partial charge in [0.15, 0.2) is 0 Å². The first-order valence-corrected chi connectivity index (χ1v) is 7.35. The lowest BCUT2D eigenvalue weighted by molar-refractivity contribution is 0.666. The Labute approximate surface area is 103 Å².